The van der Waals surface area contributed by atoms with Gasteiger partial charge >= 0.3 is 5.97 Å². The van der Waals surface area contributed by atoms with E-state index in [0.717, 1.165) is 12.0 Å². The summed E-state index contributed by atoms with van der Waals surface area (Å²) in [4.78, 5) is 40.2. The zero-order chi connectivity index (χ0) is 17.3. The molecule has 0 spiro atoms. The number of carbonyl (C=O) groups is 3. The second-order valence-corrected chi connectivity index (χ2v) is 6.61. The van der Waals surface area contributed by atoms with Gasteiger partial charge in [0.25, 0.3) is 5.91 Å². The molecule has 6 nitrogen and oxygen atoms in total. The normalized spacial score (nSPS) is 24.0. The molecule has 2 aliphatic rings. The minimum absolute atomic E-state index is 0.0218. The fraction of sp³-hybridized carbons (Fsp3) is 0.500. The highest BCUT2D eigenvalue weighted by atomic mass is 16.6. The lowest BCUT2D eigenvalue weighted by Crippen LogP contribution is -2.54. The molecule has 6 heteroatoms. The maximum absolute atomic E-state index is 13.0. The highest BCUT2D eigenvalue weighted by Gasteiger charge is 2.45. The molecule has 1 fully saturated rings. The molecule has 0 saturated carbocycles. The van der Waals surface area contributed by atoms with Gasteiger partial charge in [0.1, 0.15) is 0 Å². The summed E-state index contributed by atoms with van der Waals surface area (Å²) in [5.74, 6) is -0.614. The van der Waals surface area contributed by atoms with E-state index in [2.05, 4.69) is 0 Å². The predicted molar refractivity (Wildman–Crippen MR) is 87.4 cm³/mol. The summed E-state index contributed by atoms with van der Waals surface area (Å²) in [5.41, 5.74) is 0.183. The summed E-state index contributed by atoms with van der Waals surface area (Å²) in [6.45, 7) is 5.42. The third-order valence-electron chi connectivity index (χ3n) is 4.76. The lowest BCUT2D eigenvalue weighted by Gasteiger charge is -2.36. The van der Waals surface area contributed by atoms with Gasteiger partial charge in [0.15, 0.2) is 5.60 Å². The molecule has 3 rings (SSSR count). The van der Waals surface area contributed by atoms with Gasteiger partial charge in [-0.25, -0.2) is 4.79 Å². The second kappa shape index (κ2) is 6.26. The Kier molecular flexibility index (Phi) is 4.30. The van der Waals surface area contributed by atoms with Gasteiger partial charge < -0.3 is 14.5 Å². The minimum Gasteiger partial charge on any atom is -0.445 e. The summed E-state index contributed by atoms with van der Waals surface area (Å²) in [7, 11) is 0. The number of nitrogens with zero attached hydrogens (tertiary/aromatic N) is 2. The van der Waals surface area contributed by atoms with Crippen LogP contribution >= 0.6 is 0 Å². The molecule has 0 bridgehead atoms. The summed E-state index contributed by atoms with van der Waals surface area (Å²) < 4.78 is 5.52. The Labute approximate surface area is 141 Å². The van der Waals surface area contributed by atoms with E-state index in [1.165, 1.54) is 0 Å². The molecular weight excluding hydrogens is 308 g/mol. The van der Waals surface area contributed by atoms with Gasteiger partial charge in [-0.3, -0.25) is 9.59 Å². The Morgan fingerprint density at radius 3 is 2.50 bits per heavy atom. The SMILES string of the molecule is CC(=O)N1CCCN(C(=O)C2(C)Cc3ccccc3C(=O)O2)CC1. The van der Waals surface area contributed by atoms with Crippen LogP contribution in [0.4, 0.5) is 0 Å². The molecule has 2 aliphatic heterocycles. The molecule has 2 heterocycles. The maximum Gasteiger partial charge on any atom is 0.339 e. The highest BCUT2D eigenvalue weighted by Crippen LogP contribution is 2.30. The Hall–Kier alpha value is -2.37. The number of fused-ring (bicyclic) bond motifs is 1. The van der Waals surface area contributed by atoms with Gasteiger partial charge in [0, 0.05) is 39.5 Å². The van der Waals surface area contributed by atoms with E-state index in [-0.39, 0.29) is 11.8 Å². The standard InChI is InChI=1S/C18H22N2O4/c1-13(21)19-8-5-9-20(11-10-19)17(23)18(2)12-14-6-3-4-7-15(14)16(22)24-18/h3-4,6-7H,5,8-12H2,1-2H3. The molecule has 1 aromatic rings. The number of amides is 2. The third kappa shape index (κ3) is 3.00. The van der Waals surface area contributed by atoms with Crippen molar-refractivity contribution in [3.8, 4) is 0 Å². The topological polar surface area (TPSA) is 66.9 Å². The zero-order valence-electron chi connectivity index (χ0n) is 14.1. The smallest absolute Gasteiger partial charge is 0.339 e. The predicted octanol–water partition coefficient (Wildman–Crippen LogP) is 1.24. The van der Waals surface area contributed by atoms with Crippen LogP contribution in [0.1, 0.15) is 36.2 Å². The lowest BCUT2D eigenvalue weighted by molar-refractivity contribution is -0.151. The van der Waals surface area contributed by atoms with E-state index < -0.39 is 11.6 Å². The molecule has 1 atom stereocenters. The molecule has 0 aliphatic carbocycles. The van der Waals surface area contributed by atoms with Crippen molar-refractivity contribution in [2.45, 2.75) is 32.3 Å². The van der Waals surface area contributed by atoms with Crippen molar-refractivity contribution in [3.63, 3.8) is 0 Å². The maximum atomic E-state index is 13.0. The third-order valence-corrected chi connectivity index (χ3v) is 4.76. The van der Waals surface area contributed by atoms with Crippen molar-refractivity contribution in [2.24, 2.45) is 0 Å². The quantitative estimate of drug-likeness (QED) is 0.727. The zero-order valence-corrected chi connectivity index (χ0v) is 14.1. The van der Waals surface area contributed by atoms with Gasteiger partial charge in [-0.05, 0) is 25.0 Å². The van der Waals surface area contributed by atoms with Crippen molar-refractivity contribution in [3.05, 3.63) is 35.4 Å². The van der Waals surface area contributed by atoms with E-state index in [1.54, 1.807) is 35.8 Å². The number of hydrogen-bond donors (Lipinski definition) is 0. The van der Waals surface area contributed by atoms with E-state index >= 15 is 0 Å². The van der Waals surface area contributed by atoms with Gasteiger partial charge in [-0.15, -0.1) is 0 Å². The Morgan fingerprint density at radius 1 is 1.08 bits per heavy atom. The number of carbonyl (C=O) groups excluding carboxylic acids is 3. The Morgan fingerprint density at radius 2 is 1.75 bits per heavy atom. The molecular formula is C18H22N2O4. The number of esters is 1. The minimum atomic E-state index is -1.18. The van der Waals surface area contributed by atoms with Gasteiger partial charge in [-0.1, -0.05) is 18.2 Å². The van der Waals surface area contributed by atoms with E-state index in [0.29, 0.717) is 38.2 Å². The van der Waals surface area contributed by atoms with Crippen molar-refractivity contribution in [1.82, 2.24) is 9.80 Å². The largest absolute Gasteiger partial charge is 0.445 e. The molecule has 24 heavy (non-hydrogen) atoms. The van der Waals surface area contributed by atoms with Crippen LogP contribution in [0.25, 0.3) is 0 Å². The van der Waals surface area contributed by atoms with Crippen LogP contribution in [0.3, 0.4) is 0 Å². The molecule has 0 aromatic heterocycles. The molecule has 1 aromatic carbocycles. The van der Waals surface area contributed by atoms with Crippen LogP contribution in [-0.2, 0) is 20.7 Å². The summed E-state index contributed by atoms with van der Waals surface area (Å²) in [6.07, 6.45) is 1.10. The van der Waals surface area contributed by atoms with E-state index in [9.17, 15) is 14.4 Å². The fourth-order valence-corrected chi connectivity index (χ4v) is 3.42. The van der Waals surface area contributed by atoms with E-state index in [1.807, 2.05) is 12.1 Å². The Bertz CT molecular complexity index is 687. The van der Waals surface area contributed by atoms with Crippen molar-refractivity contribution in [2.75, 3.05) is 26.2 Å². The fourth-order valence-electron chi connectivity index (χ4n) is 3.42. The average molecular weight is 330 g/mol. The Balaban J connectivity index is 1.77. The number of ether oxygens (including phenoxy) is 1. The summed E-state index contributed by atoms with van der Waals surface area (Å²) in [6, 6.07) is 7.23. The number of benzene rings is 1. The molecule has 1 saturated heterocycles. The van der Waals surface area contributed by atoms with Crippen LogP contribution in [-0.4, -0.2) is 59.4 Å². The number of cyclic esters (lactones) is 1. The summed E-state index contributed by atoms with van der Waals surface area (Å²) in [5, 5.41) is 0. The van der Waals surface area contributed by atoms with Crippen LogP contribution in [0.5, 0.6) is 0 Å². The molecule has 0 N–H and O–H groups in total. The van der Waals surface area contributed by atoms with Crippen LogP contribution in [0.15, 0.2) is 24.3 Å². The van der Waals surface area contributed by atoms with Crippen LogP contribution in [0, 0.1) is 0 Å². The average Bonchev–Trinajstić information content (AvgIpc) is 2.80. The van der Waals surface area contributed by atoms with Crippen molar-refractivity contribution >= 4 is 17.8 Å². The molecule has 128 valence electrons. The molecule has 1 unspecified atom stereocenters. The first-order valence-corrected chi connectivity index (χ1v) is 8.27. The van der Waals surface area contributed by atoms with Crippen molar-refractivity contribution in [1.29, 1.82) is 0 Å². The molecule has 2 amide bonds. The first-order valence-electron chi connectivity index (χ1n) is 8.27. The first kappa shape index (κ1) is 16.5. The van der Waals surface area contributed by atoms with Crippen LogP contribution in [0.2, 0.25) is 0 Å². The monoisotopic (exact) mass is 330 g/mol. The van der Waals surface area contributed by atoms with Gasteiger partial charge in [-0.2, -0.15) is 0 Å². The second-order valence-electron chi connectivity index (χ2n) is 6.61. The summed E-state index contributed by atoms with van der Waals surface area (Å²) >= 11 is 0. The van der Waals surface area contributed by atoms with Crippen LogP contribution < -0.4 is 0 Å². The molecule has 0 radical (unpaired) electrons. The van der Waals surface area contributed by atoms with Gasteiger partial charge in [0.2, 0.25) is 5.91 Å². The van der Waals surface area contributed by atoms with Crippen molar-refractivity contribution < 1.29 is 19.1 Å². The number of hydrogen-bond acceptors (Lipinski definition) is 4. The highest BCUT2D eigenvalue weighted by molar-refractivity contribution is 5.97. The van der Waals surface area contributed by atoms with E-state index in [4.69, 9.17) is 4.74 Å². The van der Waals surface area contributed by atoms with Gasteiger partial charge in [0.05, 0.1) is 5.56 Å². The number of rotatable bonds is 1. The first-order chi connectivity index (χ1) is 11.4. The lowest BCUT2D eigenvalue weighted by atomic mass is 9.89.